The number of thioether (sulfide) groups is 1. The maximum absolute atomic E-state index is 5.68. The number of nitrogens with one attached hydrogen (secondary N) is 1. The summed E-state index contributed by atoms with van der Waals surface area (Å²) in [7, 11) is 0. The molecular formula is C9H12N2S. The van der Waals surface area contributed by atoms with Crippen molar-refractivity contribution >= 4 is 11.8 Å². The van der Waals surface area contributed by atoms with Crippen molar-refractivity contribution in [3.63, 3.8) is 0 Å². The van der Waals surface area contributed by atoms with E-state index in [4.69, 9.17) is 5.73 Å². The third kappa shape index (κ3) is 1.77. The van der Waals surface area contributed by atoms with E-state index in [1.165, 1.54) is 12.8 Å². The van der Waals surface area contributed by atoms with Gasteiger partial charge in [0.05, 0.1) is 4.91 Å². The molecule has 1 fully saturated rings. The van der Waals surface area contributed by atoms with Gasteiger partial charge in [-0.05, 0) is 19.8 Å². The fraction of sp³-hybridized carbons (Fsp3) is 0.556. The van der Waals surface area contributed by atoms with Crippen molar-refractivity contribution in [2.75, 3.05) is 0 Å². The lowest BCUT2D eigenvalue weighted by molar-refractivity contribution is 0.790. The largest absolute Gasteiger partial charge is 0.363 e. The van der Waals surface area contributed by atoms with Crippen LogP contribution in [0.4, 0.5) is 0 Å². The molecule has 2 rings (SSSR count). The van der Waals surface area contributed by atoms with Crippen molar-refractivity contribution in [2.24, 2.45) is 11.7 Å². The molecule has 2 nitrogen and oxygen atoms in total. The Morgan fingerprint density at radius 3 is 2.83 bits per heavy atom. The van der Waals surface area contributed by atoms with Crippen LogP contribution in [0, 0.1) is 17.8 Å². The molecule has 0 aromatic rings. The van der Waals surface area contributed by atoms with Gasteiger partial charge in [-0.25, -0.2) is 0 Å². The van der Waals surface area contributed by atoms with Gasteiger partial charge in [-0.1, -0.05) is 23.6 Å². The highest BCUT2D eigenvalue weighted by molar-refractivity contribution is 8.04. The maximum Gasteiger partial charge on any atom is 0.128 e. The zero-order valence-corrected chi connectivity index (χ0v) is 7.87. The maximum atomic E-state index is 5.68. The summed E-state index contributed by atoms with van der Waals surface area (Å²) in [6.07, 6.45) is 2.56. The first-order chi connectivity index (χ1) is 5.75. The van der Waals surface area contributed by atoms with Crippen LogP contribution in [0.5, 0.6) is 0 Å². The Hall–Kier alpha value is -0.590. The SMILES string of the molecule is CC1=C(C#CC2CC2)SC(N)N1. The molecule has 1 aliphatic heterocycles. The number of hydrogen-bond acceptors (Lipinski definition) is 3. The van der Waals surface area contributed by atoms with Crippen LogP contribution in [0.3, 0.4) is 0 Å². The van der Waals surface area contributed by atoms with Crippen LogP contribution in [0.15, 0.2) is 10.6 Å². The van der Waals surface area contributed by atoms with Gasteiger partial charge in [0, 0.05) is 11.6 Å². The van der Waals surface area contributed by atoms with E-state index in [0.717, 1.165) is 10.6 Å². The molecule has 0 aromatic carbocycles. The van der Waals surface area contributed by atoms with Gasteiger partial charge >= 0.3 is 0 Å². The standard InChI is InChI=1S/C9H12N2S/c1-6-8(12-9(10)11-6)5-4-7-2-3-7/h7,9,11H,2-3,10H2,1H3. The molecule has 0 amide bonds. The van der Waals surface area contributed by atoms with Crippen LogP contribution >= 0.6 is 11.8 Å². The Morgan fingerprint density at radius 2 is 2.33 bits per heavy atom. The van der Waals surface area contributed by atoms with Gasteiger partial charge in [-0.2, -0.15) is 0 Å². The number of hydrogen-bond donors (Lipinski definition) is 2. The summed E-state index contributed by atoms with van der Waals surface area (Å²) < 4.78 is 0. The summed E-state index contributed by atoms with van der Waals surface area (Å²) in [5, 5.41) is 3.13. The molecule has 0 saturated heterocycles. The van der Waals surface area contributed by atoms with E-state index in [2.05, 4.69) is 17.2 Å². The second-order valence-corrected chi connectivity index (χ2v) is 4.33. The average molecular weight is 180 g/mol. The fourth-order valence-corrected chi connectivity index (χ4v) is 1.89. The highest BCUT2D eigenvalue weighted by atomic mass is 32.2. The highest BCUT2D eigenvalue weighted by Gasteiger charge is 2.20. The lowest BCUT2D eigenvalue weighted by Gasteiger charge is -2.00. The summed E-state index contributed by atoms with van der Waals surface area (Å²) in [6, 6.07) is 0. The molecule has 1 saturated carbocycles. The molecule has 3 heteroatoms. The van der Waals surface area contributed by atoms with Crippen LogP contribution < -0.4 is 11.1 Å². The van der Waals surface area contributed by atoms with Crippen LogP contribution in [0.25, 0.3) is 0 Å². The first-order valence-electron chi connectivity index (χ1n) is 4.17. The lowest BCUT2D eigenvalue weighted by atomic mass is 10.4. The third-order valence-corrected chi connectivity index (χ3v) is 2.93. The van der Waals surface area contributed by atoms with Gasteiger partial charge in [0.1, 0.15) is 5.50 Å². The zero-order chi connectivity index (χ0) is 8.55. The Balaban J connectivity index is 2.04. The summed E-state index contributed by atoms with van der Waals surface area (Å²) in [4.78, 5) is 1.12. The summed E-state index contributed by atoms with van der Waals surface area (Å²) in [5.41, 5.74) is 6.81. The second-order valence-electron chi connectivity index (χ2n) is 3.18. The van der Waals surface area contributed by atoms with Gasteiger partial charge in [0.2, 0.25) is 0 Å². The molecule has 1 heterocycles. The second kappa shape index (κ2) is 3.04. The minimum atomic E-state index is 0.00787. The summed E-state index contributed by atoms with van der Waals surface area (Å²) in [5.74, 6) is 7.07. The minimum absolute atomic E-state index is 0.00787. The molecule has 12 heavy (non-hydrogen) atoms. The number of nitrogens with two attached hydrogens (primary N) is 1. The predicted octanol–water partition coefficient (Wildman–Crippen LogP) is 1.21. The van der Waals surface area contributed by atoms with Gasteiger partial charge in [-0.3, -0.25) is 0 Å². The van der Waals surface area contributed by atoms with E-state index in [0.29, 0.717) is 5.92 Å². The minimum Gasteiger partial charge on any atom is -0.363 e. The van der Waals surface area contributed by atoms with E-state index >= 15 is 0 Å². The topological polar surface area (TPSA) is 38.0 Å². The van der Waals surface area contributed by atoms with Gasteiger partial charge in [0.15, 0.2) is 0 Å². The van der Waals surface area contributed by atoms with Crippen LogP contribution in [-0.2, 0) is 0 Å². The molecule has 0 spiro atoms. The first kappa shape index (κ1) is 8.03. The number of rotatable bonds is 0. The summed E-state index contributed by atoms with van der Waals surface area (Å²) >= 11 is 1.62. The van der Waals surface area contributed by atoms with Crippen molar-refractivity contribution in [3.05, 3.63) is 10.6 Å². The van der Waals surface area contributed by atoms with E-state index in [1.54, 1.807) is 11.8 Å². The Kier molecular flexibility index (Phi) is 2.03. The quantitative estimate of drug-likeness (QED) is 0.550. The first-order valence-corrected chi connectivity index (χ1v) is 5.05. The molecule has 2 aliphatic rings. The van der Waals surface area contributed by atoms with E-state index in [1.807, 2.05) is 6.92 Å². The van der Waals surface area contributed by atoms with E-state index in [9.17, 15) is 0 Å². The van der Waals surface area contributed by atoms with Gasteiger partial charge in [-0.15, -0.1) is 0 Å². The van der Waals surface area contributed by atoms with Crippen LogP contribution in [0.2, 0.25) is 0 Å². The highest BCUT2D eigenvalue weighted by Crippen LogP contribution is 2.30. The normalized spacial score (nSPS) is 28.0. The van der Waals surface area contributed by atoms with Crippen molar-refractivity contribution in [3.8, 4) is 11.8 Å². The van der Waals surface area contributed by atoms with Gasteiger partial charge < -0.3 is 11.1 Å². The number of allylic oxidation sites excluding steroid dienone is 2. The smallest absolute Gasteiger partial charge is 0.128 e. The predicted molar refractivity (Wildman–Crippen MR) is 51.9 cm³/mol. The molecule has 1 unspecified atom stereocenters. The molecule has 0 aromatic heterocycles. The van der Waals surface area contributed by atoms with Crippen molar-refractivity contribution in [2.45, 2.75) is 25.3 Å². The lowest BCUT2D eigenvalue weighted by Crippen LogP contribution is -2.28. The molecule has 1 aliphatic carbocycles. The monoisotopic (exact) mass is 180 g/mol. The molecule has 1 atom stereocenters. The van der Waals surface area contributed by atoms with Crippen molar-refractivity contribution in [1.29, 1.82) is 0 Å². The van der Waals surface area contributed by atoms with E-state index in [-0.39, 0.29) is 5.50 Å². The molecule has 0 bridgehead atoms. The zero-order valence-electron chi connectivity index (χ0n) is 7.05. The van der Waals surface area contributed by atoms with Crippen LogP contribution in [-0.4, -0.2) is 5.50 Å². The fourth-order valence-electron chi connectivity index (χ4n) is 1.04. The summed E-state index contributed by atoms with van der Waals surface area (Å²) in [6.45, 7) is 2.02. The van der Waals surface area contributed by atoms with Crippen molar-refractivity contribution < 1.29 is 0 Å². The van der Waals surface area contributed by atoms with Crippen LogP contribution in [0.1, 0.15) is 19.8 Å². The Morgan fingerprint density at radius 1 is 1.58 bits per heavy atom. The average Bonchev–Trinajstić information content (AvgIpc) is 2.76. The van der Waals surface area contributed by atoms with Gasteiger partial charge in [0.25, 0.3) is 0 Å². The molecular weight excluding hydrogens is 168 g/mol. The molecule has 0 radical (unpaired) electrons. The molecule has 3 N–H and O–H groups in total. The Labute approximate surface area is 77.0 Å². The Bertz CT molecular complexity index is 281. The molecule has 64 valence electrons. The third-order valence-electron chi connectivity index (χ3n) is 1.91. The van der Waals surface area contributed by atoms with Crippen molar-refractivity contribution in [1.82, 2.24) is 5.32 Å². The van der Waals surface area contributed by atoms with E-state index < -0.39 is 0 Å².